The Morgan fingerprint density at radius 2 is 2.14 bits per heavy atom. The van der Waals surface area contributed by atoms with Crippen LogP contribution in [-0.4, -0.2) is 36.1 Å². The first-order valence-corrected chi connectivity index (χ1v) is 8.28. The van der Waals surface area contributed by atoms with Crippen LogP contribution in [0.1, 0.15) is 31.2 Å². The van der Waals surface area contributed by atoms with Crippen molar-refractivity contribution in [2.45, 2.75) is 38.3 Å². The summed E-state index contributed by atoms with van der Waals surface area (Å²) in [5.74, 6) is 0. The van der Waals surface area contributed by atoms with E-state index >= 15 is 0 Å². The standard InChI is InChI=1S/C17H24ClN3/c1-21(15-4-2-3-5-15)9-8-19-11-13-12-20-17-10-14(18)6-7-16(13)17/h6-7,10,12,15,19-20H,2-5,8-9,11H2,1H3. The van der Waals surface area contributed by atoms with Gasteiger partial charge in [0.25, 0.3) is 0 Å². The minimum Gasteiger partial charge on any atom is -0.361 e. The summed E-state index contributed by atoms with van der Waals surface area (Å²) in [6.07, 6.45) is 7.63. The molecule has 0 amide bonds. The van der Waals surface area contributed by atoms with Crippen LogP contribution in [0.15, 0.2) is 24.4 Å². The number of nitrogens with one attached hydrogen (secondary N) is 2. The lowest BCUT2D eigenvalue weighted by Crippen LogP contribution is -2.35. The molecule has 1 aromatic carbocycles. The topological polar surface area (TPSA) is 31.1 Å². The molecule has 21 heavy (non-hydrogen) atoms. The van der Waals surface area contributed by atoms with Crippen LogP contribution < -0.4 is 5.32 Å². The minimum absolute atomic E-state index is 0.780. The Balaban J connectivity index is 1.48. The Morgan fingerprint density at radius 1 is 1.33 bits per heavy atom. The van der Waals surface area contributed by atoms with Crippen molar-refractivity contribution in [3.05, 3.63) is 35.0 Å². The first kappa shape index (κ1) is 14.9. The second kappa shape index (κ2) is 6.82. The highest BCUT2D eigenvalue weighted by Crippen LogP contribution is 2.23. The van der Waals surface area contributed by atoms with Crippen LogP contribution in [0.5, 0.6) is 0 Å². The first-order chi connectivity index (χ1) is 10.2. The molecule has 1 saturated carbocycles. The van der Waals surface area contributed by atoms with Crippen LogP contribution in [0.25, 0.3) is 10.9 Å². The number of halogens is 1. The van der Waals surface area contributed by atoms with Gasteiger partial charge >= 0.3 is 0 Å². The van der Waals surface area contributed by atoms with Crippen LogP contribution in [0.2, 0.25) is 5.02 Å². The molecular weight excluding hydrogens is 282 g/mol. The van der Waals surface area contributed by atoms with E-state index in [0.29, 0.717) is 0 Å². The molecule has 0 atom stereocenters. The molecule has 114 valence electrons. The van der Waals surface area contributed by atoms with Crippen molar-refractivity contribution in [1.82, 2.24) is 15.2 Å². The van der Waals surface area contributed by atoms with E-state index in [2.05, 4.69) is 34.5 Å². The summed E-state index contributed by atoms with van der Waals surface area (Å²) < 4.78 is 0. The zero-order valence-corrected chi connectivity index (χ0v) is 13.4. The SMILES string of the molecule is CN(CCNCc1c[nH]c2cc(Cl)ccc12)C1CCCC1. The summed E-state index contributed by atoms with van der Waals surface area (Å²) >= 11 is 6.01. The number of benzene rings is 1. The third-order valence-electron chi connectivity index (χ3n) is 4.63. The van der Waals surface area contributed by atoms with Gasteiger partial charge in [0.05, 0.1) is 0 Å². The van der Waals surface area contributed by atoms with E-state index < -0.39 is 0 Å². The van der Waals surface area contributed by atoms with Gasteiger partial charge in [-0.05, 0) is 37.6 Å². The summed E-state index contributed by atoms with van der Waals surface area (Å²) in [5.41, 5.74) is 2.42. The Bertz CT molecular complexity index is 587. The molecule has 0 saturated heterocycles. The van der Waals surface area contributed by atoms with Crippen LogP contribution >= 0.6 is 11.6 Å². The predicted molar refractivity (Wildman–Crippen MR) is 89.9 cm³/mol. The van der Waals surface area contributed by atoms with Crippen molar-refractivity contribution in [2.75, 3.05) is 20.1 Å². The fourth-order valence-electron chi connectivity index (χ4n) is 3.31. The number of hydrogen-bond acceptors (Lipinski definition) is 2. The number of likely N-dealkylation sites (N-methyl/N-ethyl adjacent to an activating group) is 1. The molecule has 1 heterocycles. The summed E-state index contributed by atoms with van der Waals surface area (Å²) in [7, 11) is 2.26. The first-order valence-electron chi connectivity index (χ1n) is 7.90. The lowest BCUT2D eigenvalue weighted by atomic mass is 10.2. The monoisotopic (exact) mass is 305 g/mol. The maximum atomic E-state index is 6.01. The number of rotatable bonds is 6. The molecule has 0 spiro atoms. The van der Waals surface area contributed by atoms with Crippen LogP contribution in [0, 0.1) is 0 Å². The molecule has 0 radical (unpaired) electrons. The van der Waals surface area contributed by atoms with Gasteiger partial charge in [-0.1, -0.05) is 30.5 Å². The Hall–Kier alpha value is -1.03. The Morgan fingerprint density at radius 3 is 2.95 bits per heavy atom. The van der Waals surface area contributed by atoms with Gasteiger partial charge in [0.2, 0.25) is 0 Å². The van der Waals surface area contributed by atoms with Gasteiger partial charge in [-0.15, -0.1) is 0 Å². The maximum Gasteiger partial charge on any atom is 0.0472 e. The van der Waals surface area contributed by atoms with Gasteiger partial charge < -0.3 is 15.2 Å². The second-order valence-electron chi connectivity index (χ2n) is 6.10. The van der Waals surface area contributed by atoms with Crippen molar-refractivity contribution in [3.63, 3.8) is 0 Å². The Kier molecular flexibility index (Phi) is 4.84. The largest absolute Gasteiger partial charge is 0.361 e. The van der Waals surface area contributed by atoms with Crippen molar-refractivity contribution in [2.24, 2.45) is 0 Å². The summed E-state index contributed by atoms with van der Waals surface area (Å²) in [6.45, 7) is 3.06. The van der Waals surface area contributed by atoms with Gasteiger partial charge in [0.15, 0.2) is 0 Å². The number of H-pyrrole nitrogens is 1. The van der Waals surface area contributed by atoms with E-state index in [1.54, 1.807) is 0 Å². The molecule has 1 fully saturated rings. The molecule has 1 aliphatic rings. The van der Waals surface area contributed by atoms with Crippen molar-refractivity contribution >= 4 is 22.5 Å². The van der Waals surface area contributed by atoms with Crippen LogP contribution in [0.4, 0.5) is 0 Å². The van der Waals surface area contributed by atoms with Gasteiger partial charge in [-0.3, -0.25) is 0 Å². The summed E-state index contributed by atoms with van der Waals surface area (Å²) in [5, 5.41) is 5.59. The van der Waals surface area contributed by atoms with Crippen LogP contribution in [-0.2, 0) is 6.54 Å². The molecule has 3 nitrogen and oxygen atoms in total. The van der Waals surface area contributed by atoms with Gasteiger partial charge in [-0.25, -0.2) is 0 Å². The third kappa shape index (κ3) is 3.60. The van der Waals surface area contributed by atoms with E-state index in [4.69, 9.17) is 11.6 Å². The lowest BCUT2D eigenvalue weighted by Gasteiger charge is -2.23. The molecule has 2 N–H and O–H groups in total. The normalized spacial score (nSPS) is 16.3. The van der Waals surface area contributed by atoms with Gasteiger partial charge in [0, 0.05) is 47.8 Å². The van der Waals surface area contributed by atoms with E-state index in [-0.39, 0.29) is 0 Å². The van der Waals surface area contributed by atoms with Crippen LogP contribution in [0.3, 0.4) is 0 Å². The third-order valence-corrected chi connectivity index (χ3v) is 4.87. The van der Waals surface area contributed by atoms with Crippen molar-refractivity contribution in [3.8, 4) is 0 Å². The number of hydrogen-bond donors (Lipinski definition) is 2. The zero-order valence-electron chi connectivity index (χ0n) is 12.7. The fourth-order valence-corrected chi connectivity index (χ4v) is 3.48. The Labute approximate surface area is 131 Å². The molecule has 0 unspecified atom stereocenters. The molecule has 0 aliphatic heterocycles. The highest BCUT2D eigenvalue weighted by molar-refractivity contribution is 6.31. The molecule has 1 aliphatic carbocycles. The predicted octanol–water partition coefficient (Wildman–Crippen LogP) is 3.79. The molecule has 4 heteroatoms. The average molecular weight is 306 g/mol. The molecule has 0 bridgehead atoms. The average Bonchev–Trinajstić information content (AvgIpc) is 3.13. The van der Waals surface area contributed by atoms with Crippen molar-refractivity contribution < 1.29 is 0 Å². The number of nitrogens with zero attached hydrogens (tertiary/aromatic N) is 1. The maximum absolute atomic E-state index is 6.01. The van der Waals surface area contributed by atoms with E-state index in [0.717, 1.165) is 36.2 Å². The molecule has 1 aromatic heterocycles. The summed E-state index contributed by atoms with van der Waals surface area (Å²) in [4.78, 5) is 5.80. The van der Waals surface area contributed by atoms with Gasteiger partial charge in [0.1, 0.15) is 0 Å². The van der Waals surface area contributed by atoms with Gasteiger partial charge in [-0.2, -0.15) is 0 Å². The minimum atomic E-state index is 0.780. The zero-order chi connectivity index (χ0) is 14.7. The van der Waals surface area contributed by atoms with E-state index in [1.165, 1.54) is 36.6 Å². The lowest BCUT2D eigenvalue weighted by molar-refractivity contribution is 0.245. The smallest absolute Gasteiger partial charge is 0.0472 e. The number of aromatic amines is 1. The number of aromatic nitrogens is 1. The fraction of sp³-hybridized carbons (Fsp3) is 0.529. The molecular formula is C17H24ClN3. The highest BCUT2D eigenvalue weighted by atomic mass is 35.5. The van der Waals surface area contributed by atoms with E-state index in [9.17, 15) is 0 Å². The molecule has 2 aromatic rings. The van der Waals surface area contributed by atoms with E-state index in [1.807, 2.05) is 12.1 Å². The number of fused-ring (bicyclic) bond motifs is 1. The quantitative estimate of drug-likeness (QED) is 0.796. The summed E-state index contributed by atoms with van der Waals surface area (Å²) in [6, 6.07) is 6.83. The van der Waals surface area contributed by atoms with Crippen molar-refractivity contribution in [1.29, 1.82) is 0 Å². The highest BCUT2D eigenvalue weighted by Gasteiger charge is 2.18. The molecule has 3 rings (SSSR count). The second-order valence-corrected chi connectivity index (χ2v) is 6.54.